The van der Waals surface area contributed by atoms with Gasteiger partial charge < -0.3 is 0 Å². The van der Waals surface area contributed by atoms with Crippen molar-refractivity contribution >= 4 is 22.7 Å². The normalized spacial score (nSPS) is 20.5. The molecule has 16 heavy (non-hydrogen) atoms. The maximum Gasteiger partial charge on any atom is 0.197 e. The Bertz CT molecular complexity index is 431. The van der Waals surface area contributed by atoms with Gasteiger partial charge in [0.05, 0.1) is 11.7 Å². The molecule has 1 aromatic rings. The summed E-state index contributed by atoms with van der Waals surface area (Å²) in [5.41, 5.74) is 3.56. The molecule has 1 aromatic carbocycles. The molecule has 0 aromatic heterocycles. The highest BCUT2D eigenvalue weighted by Crippen LogP contribution is 2.28. The molecule has 3 heteroatoms. The molecular formula is C13H14O2S. The van der Waals surface area contributed by atoms with Crippen molar-refractivity contribution in [2.75, 3.05) is 0 Å². The first-order chi connectivity index (χ1) is 7.54. The Balaban J connectivity index is 2.15. The topological polar surface area (TPSA) is 34.1 Å². The number of thioether (sulfide) groups is 1. The molecule has 1 aliphatic heterocycles. The maximum absolute atomic E-state index is 11.5. The smallest absolute Gasteiger partial charge is 0.197 e. The lowest BCUT2D eigenvalue weighted by atomic mass is 10.0. The first-order valence-electron chi connectivity index (χ1n) is 5.34. The third-order valence-electron chi connectivity index (χ3n) is 2.65. The Morgan fingerprint density at radius 3 is 2.31 bits per heavy atom. The molecule has 0 radical (unpaired) electrons. The molecule has 1 unspecified atom stereocenters. The van der Waals surface area contributed by atoms with Gasteiger partial charge >= 0.3 is 0 Å². The molecule has 1 heterocycles. The van der Waals surface area contributed by atoms with E-state index >= 15 is 0 Å². The minimum atomic E-state index is -0.159. The SMILES string of the molecule is Cc1cc(C)cc(CC2SC(=O)CC2=O)c1. The van der Waals surface area contributed by atoms with E-state index in [-0.39, 0.29) is 22.6 Å². The number of benzene rings is 1. The van der Waals surface area contributed by atoms with Gasteiger partial charge in [-0.2, -0.15) is 0 Å². The van der Waals surface area contributed by atoms with Gasteiger partial charge in [0.1, 0.15) is 0 Å². The van der Waals surface area contributed by atoms with Crippen LogP contribution >= 0.6 is 11.8 Å². The number of hydrogen-bond donors (Lipinski definition) is 0. The summed E-state index contributed by atoms with van der Waals surface area (Å²) in [4.78, 5) is 22.6. The average molecular weight is 234 g/mol. The highest BCUT2D eigenvalue weighted by molar-refractivity contribution is 8.15. The number of hydrogen-bond acceptors (Lipinski definition) is 3. The number of rotatable bonds is 2. The molecule has 0 bridgehead atoms. The molecule has 1 fully saturated rings. The fourth-order valence-corrected chi connectivity index (χ4v) is 3.11. The van der Waals surface area contributed by atoms with Crippen molar-refractivity contribution in [1.82, 2.24) is 0 Å². The summed E-state index contributed by atoms with van der Waals surface area (Å²) >= 11 is 1.19. The van der Waals surface area contributed by atoms with Crippen LogP contribution in [0.1, 0.15) is 23.1 Å². The summed E-state index contributed by atoms with van der Waals surface area (Å²) in [5.74, 6) is 0.0779. The van der Waals surface area contributed by atoms with E-state index in [0.29, 0.717) is 6.42 Å². The van der Waals surface area contributed by atoms with Crippen LogP contribution in [0.2, 0.25) is 0 Å². The zero-order valence-electron chi connectivity index (χ0n) is 9.45. The lowest BCUT2D eigenvalue weighted by Crippen LogP contribution is -2.13. The summed E-state index contributed by atoms with van der Waals surface area (Å²) in [7, 11) is 0. The summed E-state index contributed by atoms with van der Waals surface area (Å²) in [6.45, 7) is 4.09. The molecule has 0 aliphatic carbocycles. The van der Waals surface area contributed by atoms with Crippen molar-refractivity contribution in [2.24, 2.45) is 0 Å². The van der Waals surface area contributed by atoms with Gasteiger partial charge in [0.2, 0.25) is 0 Å². The van der Waals surface area contributed by atoms with Crippen LogP contribution in [-0.2, 0) is 16.0 Å². The minimum Gasteiger partial charge on any atom is -0.298 e. The monoisotopic (exact) mass is 234 g/mol. The van der Waals surface area contributed by atoms with Crippen LogP contribution in [0.25, 0.3) is 0 Å². The molecule has 2 nitrogen and oxygen atoms in total. The van der Waals surface area contributed by atoms with Crippen LogP contribution in [0.4, 0.5) is 0 Å². The summed E-state index contributed by atoms with van der Waals surface area (Å²) in [6, 6.07) is 6.28. The van der Waals surface area contributed by atoms with Gasteiger partial charge in [0, 0.05) is 0 Å². The fraction of sp³-hybridized carbons (Fsp3) is 0.385. The van der Waals surface area contributed by atoms with Crippen LogP contribution in [0.5, 0.6) is 0 Å². The van der Waals surface area contributed by atoms with Crippen molar-refractivity contribution in [3.63, 3.8) is 0 Å². The van der Waals surface area contributed by atoms with Crippen LogP contribution in [0.15, 0.2) is 18.2 Å². The molecule has 2 rings (SSSR count). The van der Waals surface area contributed by atoms with Gasteiger partial charge in [-0.05, 0) is 25.8 Å². The van der Waals surface area contributed by atoms with Gasteiger partial charge in [-0.25, -0.2) is 0 Å². The van der Waals surface area contributed by atoms with Crippen molar-refractivity contribution in [3.8, 4) is 0 Å². The van der Waals surface area contributed by atoms with Crippen LogP contribution in [0, 0.1) is 13.8 Å². The number of carbonyl (C=O) groups is 2. The van der Waals surface area contributed by atoms with E-state index in [0.717, 1.165) is 5.56 Å². The van der Waals surface area contributed by atoms with E-state index in [1.165, 1.54) is 22.9 Å². The maximum atomic E-state index is 11.5. The predicted molar refractivity (Wildman–Crippen MR) is 65.6 cm³/mol. The molecular weight excluding hydrogens is 220 g/mol. The molecule has 1 saturated heterocycles. The molecule has 0 spiro atoms. The van der Waals surface area contributed by atoms with E-state index in [2.05, 4.69) is 18.2 Å². The molecule has 84 valence electrons. The third-order valence-corrected chi connectivity index (χ3v) is 3.78. The zero-order chi connectivity index (χ0) is 11.7. The van der Waals surface area contributed by atoms with Crippen LogP contribution in [-0.4, -0.2) is 16.1 Å². The van der Waals surface area contributed by atoms with Crippen molar-refractivity contribution in [3.05, 3.63) is 34.9 Å². The third kappa shape index (κ3) is 2.53. The molecule has 1 atom stereocenters. The predicted octanol–water partition coefficient (Wildman–Crippen LogP) is 2.45. The average Bonchev–Trinajstić information content (AvgIpc) is 2.43. The highest BCUT2D eigenvalue weighted by atomic mass is 32.2. The number of ketones is 1. The first kappa shape index (κ1) is 11.4. The van der Waals surface area contributed by atoms with Crippen LogP contribution in [0.3, 0.4) is 0 Å². The van der Waals surface area contributed by atoms with E-state index in [9.17, 15) is 9.59 Å². The lowest BCUT2D eigenvalue weighted by Gasteiger charge is -2.08. The second-order valence-corrected chi connectivity index (χ2v) is 5.58. The van der Waals surface area contributed by atoms with Gasteiger partial charge in [-0.3, -0.25) is 9.59 Å². The number of carbonyl (C=O) groups excluding carboxylic acids is 2. The van der Waals surface area contributed by atoms with E-state index < -0.39 is 0 Å². The summed E-state index contributed by atoms with van der Waals surface area (Å²) in [6.07, 6.45) is 0.790. The fourth-order valence-electron chi connectivity index (χ4n) is 2.08. The van der Waals surface area contributed by atoms with Crippen molar-refractivity contribution < 1.29 is 9.59 Å². The van der Waals surface area contributed by atoms with Crippen LogP contribution < -0.4 is 0 Å². The Hall–Kier alpha value is -1.09. The van der Waals surface area contributed by atoms with Crippen molar-refractivity contribution in [1.29, 1.82) is 0 Å². The molecule has 0 amide bonds. The molecule has 0 N–H and O–H groups in total. The number of Topliss-reactive ketones (excluding diaryl/α,β-unsaturated/α-hetero) is 1. The summed E-state index contributed by atoms with van der Waals surface area (Å²) in [5, 5.41) is -0.145. The van der Waals surface area contributed by atoms with Gasteiger partial charge in [0.15, 0.2) is 10.9 Å². The van der Waals surface area contributed by atoms with Gasteiger partial charge in [-0.1, -0.05) is 41.1 Å². The highest BCUT2D eigenvalue weighted by Gasteiger charge is 2.31. The Morgan fingerprint density at radius 1 is 1.19 bits per heavy atom. The van der Waals surface area contributed by atoms with E-state index in [1.807, 2.05) is 13.8 Å². The molecule has 1 aliphatic rings. The second kappa shape index (κ2) is 4.42. The Kier molecular flexibility index (Phi) is 3.15. The quantitative estimate of drug-likeness (QED) is 0.737. The van der Waals surface area contributed by atoms with E-state index in [4.69, 9.17) is 0 Å². The van der Waals surface area contributed by atoms with E-state index in [1.54, 1.807) is 0 Å². The Morgan fingerprint density at radius 2 is 1.81 bits per heavy atom. The Labute approximate surface area is 99.4 Å². The van der Waals surface area contributed by atoms with Crippen molar-refractivity contribution in [2.45, 2.75) is 31.9 Å². The lowest BCUT2D eigenvalue weighted by molar-refractivity contribution is -0.121. The largest absolute Gasteiger partial charge is 0.298 e. The number of aryl methyl sites for hydroxylation is 2. The summed E-state index contributed by atoms with van der Waals surface area (Å²) < 4.78 is 0. The first-order valence-corrected chi connectivity index (χ1v) is 6.22. The second-order valence-electron chi connectivity index (χ2n) is 4.32. The standard InChI is InChI=1S/C13H14O2S/c1-8-3-9(2)5-10(4-8)6-12-11(14)7-13(15)16-12/h3-5,12H,6-7H2,1-2H3. The zero-order valence-corrected chi connectivity index (χ0v) is 10.3. The van der Waals surface area contributed by atoms with Gasteiger partial charge in [-0.15, -0.1) is 0 Å². The minimum absolute atomic E-state index is 0.0133. The van der Waals surface area contributed by atoms with Gasteiger partial charge in [0.25, 0.3) is 0 Å². The molecule has 0 saturated carbocycles.